The summed E-state index contributed by atoms with van der Waals surface area (Å²) in [4.78, 5) is 0. The maximum atomic E-state index is 9.90. The van der Waals surface area contributed by atoms with E-state index in [-0.39, 0.29) is 97.4 Å². The lowest BCUT2D eigenvalue weighted by Crippen LogP contribution is -2.53. The first-order valence-electron chi connectivity index (χ1n) is 31.1. The highest BCUT2D eigenvalue weighted by atomic mass is 31.0. The third-order valence-corrected chi connectivity index (χ3v) is 15.4. The summed E-state index contributed by atoms with van der Waals surface area (Å²) in [6, 6.07) is 66.4. The predicted molar refractivity (Wildman–Crippen MR) is 353 cm³/mol. The third-order valence-electron chi connectivity index (χ3n) is 15.4. The number of nitrogens with two attached hydrogens (primary N) is 2. The Bertz CT molecular complexity index is 2390. The molecule has 0 aliphatic carbocycles. The molecular formula is C71H103N6O8P. The van der Waals surface area contributed by atoms with Gasteiger partial charge in [0.1, 0.15) is 0 Å². The van der Waals surface area contributed by atoms with Crippen molar-refractivity contribution in [3.05, 3.63) is 215 Å². The van der Waals surface area contributed by atoms with Crippen molar-refractivity contribution in [1.82, 2.24) is 16.0 Å². The quantitative estimate of drug-likeness (QED) is 0.0306. The van der Waals surface area contributed by atoms with Gasteiger partial charge in [-0.2, -0.15) is 15.2 Å². The maximum absolute atomic E-state index is 9.90. The minimum Gasteiger partial charge on any atom is -0.395 e. The van der Waals surface area contributed by atoms with E-state index in [1.165, 1.54) is 33.4 Å². The lowest BCUT2D eigenvalue weighted by molar-refractivity contribution is 0.0103. The Morgan fingerprint density at radius 2 is 0.814 bits per heavy atom. The van der Waals surface area contributed by atoms with Gasteiger partial charge in [-0.15, -0.1) is 0 Å². The molecule has 4 heterocycles. The zero-order valence-corrected chi connectivity index (χ0v) is 53.6. The van der Waals surface area contributed by atoms with Gasteiger partial charge in [0.15, 0.2) is 0 Å². The summed E-state index contributed by atoms with van der Waals surface area (Å²) < 4.78 is 29.4. The minimum absolute atomic E-state index is 0. The first-order valence-corrected chi connectivity index (χ1v) is 30.5. The molecule has 13 atom stereocenters. The van der Waals surface area contributed by atoms with Crippen molar-refractivity contribution in [3.63, 3.8) is 0 Å². The molecule has 6 aromatic carbocycles. The topological polar surface area (TPSA) is 230 Å². The largest absolute Gasteiger partial charge is 0.395 e. The Hall–Kier alpha value is -5.28. The summed E-state index contributed by atoms with van der Waals surface area (Å²) in [6.07, 6.45) is 4.77. The zero-order chi connectivity index (χ0) is 62.5. The Morgan fingerprint density at radius 3 is 0.988 bits per heavy atom. The highest BCUT2D eigenvalue weighted by Gasteiger charge is 2.44. The number of hydrogen-bond donors (Lipinski definition) is 9. The van der Waals surface area contributed by atoms with Crippen LogP contribution in [0.1, 0.15) is 129 Å². The van der Waals surface area contributed by atoms with Crippen molar-refractivity contribution in [2.45, 2.75) is 184 Å². The van der Waals surface area contributed by atoms with Crippen LogP contribution in [0.15, 0.2) is 182 Å². The summed E-state index contributed by atoms with van der Waals surface area (Å²) in [5.41, 5.74) is 17.2. The van der Waals surface area contributed by atoms with Crippen LogP contribution in [-0.2, 0) is 30.0 Å². The molecule has 4 saturated heterocycles. The van der Waals surface area contributed by atoms with E-state index < -0.39 is 17.7 Å². The van der Waals surface area contributed by atoms with E-state index in [9.17, 15) is 10.2 Å². The number of hydrogen-bond acceptors (Lipinski definition) is 14. The van der Waals surface area contributed by atoms with Crippen molar-refractivity contribution in [2.75, 3.05) is 33.0 Å². The van der Waals surface area contributed by atoms with Crippen LogP contribution in [0, 0.1) is 11.3 Å². The number of aliphatic hydroxyl groups is 4. The van der Waals surface area contributed by atoms with Crippen molar-refractivity contribution < 1.29 is 40.7 Å². The van der Waals surface area contributed by atoms with Crippen LogP contribution in [0.2, 0.25) is 0 Å². The molecule has 14 nitrogen and oxygen atoms in total. The van der Waals surface area contributed by atoms with Crippen LogP contribution in [0.5, 0.6) is 0 Å². The summed E-state index contributed by atoms with van der Waals surface area (Å²) >= 11 is 0. The number of nitriles is 1. The van der Waals surface area contributed by atoms with E-state index in [4.69, 9.17) is 47.3 Å². The summed E-state index contributed by atoms with van der Waals surface area (Å²) in [5, 5.41) is 55.0. The normalized spacial score (nSPS) is 24.9. The van der Waals surface area contributed by atoms with E-state index in [1.807, 2.05) is 36.4 Å². The number of aliphatic hydroxyl groups excluding tert-OH is 4. The number of benzene rings is 6. The number of nitrogens with zero attached hydrogens (tertiary/aromatic N) is 1. The van der Waals surface area contributed by atoms with Gasteiger partial charge < -0.3 is 56.2 Å². The highest BCUT2D eigenvalue weighted by Crippen LogP contribution is 2.41. The molecule has 10 rings (SSSR count). The molecule has 0 radical (unpaired) electrons. The second kappa shape index (κ2) is 38.9. The standard InChI is InChI=1S/2C25H27NO2.C7H15NO.C6H15N.C5H11NO2.C3H5NO.H3P/c2*1-19-17-23(24(18-27)28-19)26-25(20-11-5-2-6-12-20,21-13-7-3-8-14-21)22-15-9-4-10-16-22;1-3-7-6(8)4-5(2)9-7;1-5(2)7-6(3)4;6-4-1-2-8-5(4)3-7;4-2-1-3-5;/h2*2-16,19,23-24,26-27H,17-18H2,1H3;5-7H,3-4,8H2,1-2H3;5-7H,1-4H3;4-5,7H,1-3,6H2;5H,1,3H2;1H3/t2*19-,23?,24+;5-,6?,7+;;4?,5-;;/m000.1../s1/i;;;;2T;;/t3m;;2-,4?,5+;;/m000.0... The molecule has 5 unspecified atom stereocenters. The molecule has 0 aromatic heterocycles. The van der Waals surface area contributed by atoms with Gasteiger partial charge in [-0.1, -0.05) is 217 Å². The SMILES string of the molecule is CC(C)NC(C)C.CC[C@H]1O[C@@H](C)CC1N.C[C@H]1CC(NC(c2ccccc2)(c2ccccc2)c2ccccc2)[C@@H](CO)O1.C[C@H]1CC(NC(c2ccccc2)(c2ccccc2)c2ccccc2)[C@@H](CO)O1.N#CCCO.P.[3H][C@H]1CC(N)[C@@H](CO)O1. The average Bonchev–Trinajstić information content (AvgIpc) is 1.23. The van der Waals surface area contributed by atoms with Crippen molar-refractivity contribution >= 4 is 9.90 Å². The van der Waals surface area contributed by atoms with E-state index >= 15 is 0 Å². The van der Waals surface area contributed by atoms with Crippen molar-refractivity contribution in [1.29, 1.82) is 5.26 Å². The van der Waals surface area contributed by atoms with Gasteiger partial charge in [0.05, 0.1) is 94.1 Å². The Labute approximate surface area is 519 Å². The first-order chi connectivity index (χ1) is 41.5. The van der Waals surface area contributed by atoms with Gasteiger partial charge in [0.2, 0.25) is 0 Å². The molecule has 86 heavy (non-hydrogen) atoms. The lowest BCUT2D eigenvalue weighted by atomic mass is 9.76. The number of nitrogens with one attached hydrogen (secondary N) is 3. The monoisotopic (exact) mass is 1200 g/mol. The molecule has 0 bridgehead atoms. The van der Waals surface area contributed by atoms with E-state index in [0.29, 0.717) is 30.7 Å². The molecule has 0 spiro atoms. The van der Waals surface area contributed by atoms with Crippen LogP contribution in [0.4, 0.5) is 0 Å². The lowest BCUT2D eigenvalue weighted by Gasteiger charge is -2.40. The van der Waals surface area contributed by atoms with Crippen molar-refractivity contribution in [3.8, 4) is 6.07 Å². The van der Waals surface area contributed by atoms with Crippen LogP contribution in [0.3, 0.4) is 0 Å². The number of ether oxygens (including phenoxy) is 4. The maximum Gasteiger partial charge on any atom is 0.0963 e. The Balaban J connectivity index is 0.000000253. The Morgan fingerprint density at radius 1 is 0.512 bits per heavy atom. The molecule has 11 N–H and O–H groups in total. The second-order valence-corrected chi connectivity index (χ2v) is 22.8. The Kier molecular flexibility index (Phi) is 32.3. The van der Waals surface area contributed by atoms with Gasteiger partial charge in [0.25, 0.3) is 0 Å². The minimum atomic E-state index is -0.532. The molecule has 470 valence electrons. The molecule has 4 aliphatic heterocycles. The summed E-state index contributed by atoms with van der Waals surface area (Å²) in [5.74, 6) is 0. The molecular weight excluding hydrogens is 1100 g/mol. The van der Waals surface area contributed by atoms with Gasteiger partial charge in [-0.3, -0.25) is 10.6 Å². The third kappa shape index (κ3) is 21.5. The van der Waals surface area contributed by atoms with Crippen LogP contribution >= 0.6 is 9.90 Å². The van der Waals surface area contributed by atoms with Gasteiger partial charge in [0, 0.05) is 42.8 Å². The van der Waals surface area contributed by atoms with E-state index in [1.54, 1.807) is 6.07 Å². The molecule has 0 saturated carbocycles. The fourth-order valence-corrected chi connectivity index (χ4v) is 11.6. The second-order valence-electron chi connectivity index (χ2n) is 22.8. The number of rotatable bonds is 17. The fraction of sp³-hybridized carbons (Fsp3) is 0.479. The van der Waals surface area contributed by atoms with Gasteiger partial charge in [-0.05, 0) is 86.3 Å². The molecule has 0 amide bonds. The zero-order valence-electron chi connectivity index (χ0n) is 53.2. The van der Waals surface area contributed by atoms with Crippen LogP contribution in [-0.4, -0.2) is 132 Å². The summed E-state index contributed by atoms with van der Waals surface area (Å²) in [6.45, 7) is 16.3. The van der Waals surface area contributed by atoms with Crippen LogP contribution in [0.25, 0.3) is 0 Å². The van der Waals surface area contributed by atoms with Gasteiger partial charge >= 0.3 is 0 Å². The molecule has 4 fully saturated rings. The first kappa shape index (κ1) is 71.5. The summed E-state index contributed by atoms with van der Waals surface area (Å²) in [7, 11) is 0. The predicted octanol–water partition coefficient (Wildman–Crippen LogP) is 9.55. The fourth-order valence-electron chi connectivity index (χ4n) is 11.6. The van der Waals surface area contributed by atoms with E-state index in [0.717, 1.165) is 25.7 Å². The average molecular weight is 1200 g/mol. The highest BCUT2D eigenvalue weighted by molar-refractivity contribution is 6.92. The molecule has 15 heteroatoms. The van der Waals surface area contributed by atoms with E-state index in [2.05, 4.69) is 217 Å². The van der Waals surface area contributed by atoms with Gasteiger partial charge in [-0.25, -0.2) is 0 Å². The molecule has 6 aromatic rings. The van der Waals surface area contributed by atoms with Crippen LogP contribution < -0.4 is 27.4 Å². The molecule has 4 aliphatic rings. The smallest absolute Gasteiger partial charge is 0.0963 e. The van der Waals surface area contributed by atoms with Crippen molar-refractivity contribution in [2.24, 2.45) is 11.5 Å².